The maximum absolute atomic E-state index is 14.6. The van der Waals surface area contributed by atoms with Crippen LogP contribution in [0, 0.1) is 0 Å². The smallest absolute Gasteiger partial charge is 0.346 e. The molecule has 1 N–H and O–H groups in total. The average molecular weight is 486 g/mol. The SMILES string of the molecule is BC1CNCC(COP(=O)(N2CCN(C(C)=O)CC2)N2CC(B)OC(COC(C)(C)C)C2)O1. The number of hydrogen-bond donors (Lipinski definition) is 1. The molecule has 3 saturated heterocycles. The summed E-state index contributed by atoms with van der Waals surface area (Å²) in [6.07, 6.45) is -0.352. The summed E-state index contributed by atoms with van der Waals surface area (Å²) < 4.78 is 42.8. The number of ether oxygens (including phenoxy) is 3. The molecule has 3 fully saturated rings. The number of rotatable bonds is 7. The maximum Gasteiger partial charge on any atom is 0.346 e. The second-order valence-corrected chi connectivity index (χ2v) is 12.7. The van der Waals surface area contributed by atoms with Crippen molar-refractivity contribution in [3.8, 4) is 0 Å². The zero-order chi connectivity index (χ0) is 24.2. The summed E-state index contributed by atoms with van der Waals surface area (Å²) >= 11 is 0. The van der Waals surface area contributed by atoms with Crippen LogP contribution in [0.5, 0.6) is 0 Å². The van der Waals surface area contributed by atoms with Crippen molar-refractivity contribution >= 4 is 29.3 Å². The Morgan fingerprint density at radius 2 is 1.67 bits per heavy atom. The van der Waals surface area contributed by atoms with E-state index in [-0.39, 0.29) is 42.3 Å². The number of amides is 1. The van der Waals surface area contributed by atoms with Gasteiger partial charge in [-0.2, -0.15) is 0 Å². The number of carbonyl (C=O) groups is 1. The van der Waals surface area contributed by atoms with Crippen LogP contribution in [0.1, 0.15) is 27.7 Å². The molecule has 0 saturated carbocycles. The van der Waals surface area contributed by atoms with E-state index < -0.39 is 7.67 Å². The lowest BCUT2D eigenvalue weighted by molar-refractivity contribution is -0.130. The molecule has 0 aromatic heterocycles. The molecule has 0 aromatic carbocycles. The number of nitrogens with one attached hydrogen (secondary N) is 1. The van der Waals surface area contributed by atoms with E-state index in [0.29, 0.717) is 52.4 Å². The normalized spacial score (nSPS) is 32.4. The summed E-state index contributed by atoms with van der Waals surface area (Å²) in [5.41, 5.74) is -0.278. The molecular weight excluding hydrogens is 445 g/mol. The van der Waals surface area contributed by atoms with Gasteiger partial charge in [-0.1, -0.05) is 0 Å². The van der Waals surface area contributed by atoms with E-state index in [4.69, 9.17) is 18.7 Å². The van der Waals surface area contributed by atoms with E-state index in [9.17, 15) is 9.36 Å². The van der Waals surface area contributed by atoms with E-state index in [2.05, 4.69) is 5.32 Å². The third kappa shape index (κ3) is 7.77. The van der Waals surface area contributed by atoms with Crippen molar-refractivity contribution < 1.29 is 28.1 Å². The molecule has 0 aliphatic carbocycles. The summed E-state index contributed by atoms with van der Waals surface area (Å²) in [6.45, 7) is 12.8. The van der Waals surface area contributed by atoms with Crippen molar-refractivity contribution in [1.82, 2.24) is 19.6 Å². The fraction of sp³-hybridized carbons (Fsp3) is 0.950. The standard InChI is InChI=1S/C20H41B2N4O6P/c1-15(27)24-5-7-25(8-6-24)33(28,30-14-16-9-23-10-18(21)31-16)26-11-17(32-19(22)12-26)13-29-20(2,3)4/h16-19,23H,5-14,21-22H2,1-4H3. The first-order valence-electron chi connectivity index (χ1n) is 12.1. The summed E-state index contributed by atoms with van der Waals surface area (Å²) in [5, 5.41) is 3.34. The minimum Gasteiger partial charge on any atom is -0.379 e. The van der Waals surface area contributed by atoms with E-state index in [1.165, 1.54) is 0 Å². The second-order valence-electron chi connectivity index (χ2n) is 10.3. The van der Waals surface area contributed by atoms with Gasteiger partial charge in [0.2, 0.25) is 5.91 Å². The zero-order valence-corrected chi connectivity index (χ0v) is 22.0. The highest BCUT2D eigenvalue weighted by Gasteiger charge is 2.45. The van der Waals surface area contributed by atoms with Crippen LogP contribution in [0.3, 0.4) is 0 Å². The largest absolute Gasteiger partial charge is 0.379 e. The highest BCUT2D eigenvalue weighted by molar-refractivity contribution is 7.54. The Labute approximate surface area is 200 Å². The Morgan fingerprint density at radius 3 is 2.27 bits per heavy atom. The summed E-state index contributed by atoms with van der Waals surface area (Å²) in [7, 11) is 0.640. The first-order chi connectivity index (χ1) is 15.5. The van der Waals surface area contributed by atoms with Crippen molar-refractivity contribution in [1.29, 1.82) is 0 Å². The minimum absolute atomic E-state index is 0.0421. The number of carbonyl (C=O) groups excluding carboxylic acids is 1. The van der Waals surface area contributed by atoms with Gasteiger partial charge in [0.1, 0.15) is 15.7 Å². The molecule has 5 atom stereocenters. The lowest BCUT2D eigenvalue weighted by Crippen LogP contribution is -2.54. The van der Waals surface area contributed by atoms with Gasteiger partial charge in [0, 0.05) is 71.3 Å². The van der Waals surface area contributed by atoms with Gasteiger partial charge in [-0.25, -0.2) is 9.34 Å². The monoisotopic (exact) mass is 486 g/mol. The molecule has 3 heterocycles. The van der Waals surface area contributed by atoms with Gasteiger partial charge in [0.05, 0.1) is 31.0 Å². The Kier molecular flexibility index (Phi) is 9.48. The molecule has 0 bridgehead atoms. The second kappa shape index (κ2) is 11.5. The van der Waals surface area contributed by atoms with Crippen LogP contribution in [-0.4, -0.2) is 131 Å². The molecular formula is C20H41B2N4O6P. The Morgan fingerprint density at radius 1 is 1.00 bits per heavy atom. The Bertz CT molecular complexity index is 707. The highest BCUT2D eigenvalue weighted by Crippen LogP contribution is 2.55. The van der Waals surface area contributed by atoms with Crippen LogP contribution in [-0.2, 0) is 28.1 Å². The predicted molar refractivity (Wildman–Crippen MR) is 132 cm³/mol. The fourth-order valence-corrected chi connectivity index (χ4v) is 6.97. The Hall–Kier alpha value is -0.450. The topological polar surface area (TPSA) is 92.8 Å². The van der Waals surface area contributed by atoms with E-state index in [1.807, 2.05) is 45.8 Å². The summed E-state index contributed by atoms with van der Waals surface area (Å²) in [4.78, 5) is 13.6. The van der Waals surface area contributed by atoms with E-state index in [1.54, 1.807) is 11.8 Å². The van der Waals surface area contributed by atoms with E-state index in [0.717, 1.165) is 6.54 Å². The van der Waals surface area contributed by atoms with Crippen molar-refractivity contribution in [2.75, 3.05) is 65.6 Å². The number of hydrogen-bond acceptors (Lipinski definition) is 7. The molecule has 13 heteroatoms. The Balaban J connectivity index is 1.73. The first-order valence-corrected chi connectivity index (χ1v) is 13.7. The zero-order valence-electron chi connectivity index (χ0n) is 21.1. The third-order valence-corrected chi connectivity index (χ3v) is 8.72. The predicted octanol–water partition coefficient (Wildman–Crippen LogP) is -1.30. The minimum atomic E-state index is -3.37. The number of morpholine rings is 2. The molecule has 10 nitrogen and oxygen atoms in total. The van der Waals surface area contributed by atoms with Crippen molar-refractivity contribution in [2.45, 2.75) is 57.5 Å². The van der Waals surface area contributed by atoms with Crippen LogP contribution >= 0.6 is 7.67 Å². The molecule has 33 heavy (non-hydrogen) atoms. The first kappa shape index (κ1) is 27.1. The third-order valence-electron chi connectivity index (χ3n) is 6.08. The highest BCUT2D eigenvalue weighted by atomic mass is 31.2. The molecule has 3 aliphatic rings. The van der Waals surface area contributed by atoms with Crippen molar-refractivity contribution in [2.24, 2.45) is 0 Å². The van der Waals surface area contributed by atoms with Crippen LogP contribution in [0.15, 0.2) is 0 Å². The summed E-state index contributed by atoms with van der Waals surface area (Å²) in [6, 6.07) is -0.0106. The lowest BCUT2D eigenvalue weighted by atomic mass is 9.98. The van der Waals surface area contributed by atoms with Crippen LogP contribution in [0.2, 0.25) is 0 Å². The quantitative estimate of drug-likeness (QED) is 0.348. The van der Waals surface area contributed by atoms with Gasteiger partial charge >= 0.3 is 7.67 Å². The summed E-state index contributed by atoms with van der Waals surface area (Å²) in [5.74, 6) is 0.0421. The average Bonchev–Trinajstić information content (AvgIpc) is 2.75. The lowest BCUT2D eigenvalue weighted by Gasteiger charge is -2.46. The van der Waals surface area contributed by atoms with Gasteiger partial charge in [-0.05, 0) is 20.8 Å². The van der Waals surface area contributed by atoms with Gasteiger partial charge in [-0.15, -0.1) is 0 Å². The molecule has 0 aromatic rings. The number of piperazine rings is 1. The number of nitrogens with zero attached hydrogens (tertiary/aromatic N) is 3. The molecule has 3 aliphatic heterocycles. The molecule has 5 unspecified atom stereocenters. The maximum atomic E-state index is 14.6. The van der Waals surface area contributed by atoms with Crippen LogP contribution in [0.4, 0.5) is 0 Å². The van der Waals surface area contributed by atoms with Gasteiger partial charge in [-0.3, -0.25) is 9.36 Å². The molecule has 0 radical (unpaired) electrons. The van der Waals surface area contributed by atoms with Crippen molar-refractivity contribution in [3.05, 3.63) is 0 Å². The van der Waals surface area contributed by atoms with Crippen molar-refractivity contribution in [3.63, 3.8) is 0 Å². The van der Waals surface area contributed by atoms with Crippen LogP contribution < -0.4 is 5.32 Å². The molecule has 1 amide bonds. The molecule has 3 rings (SSSR count). The molecule has 0 spiro atoms. The molecule has 188 valence electrons. The van der Waals surface area contributed by atoms with E-state index >= 15 is 0 Å². The fourth-order valence-electron chi connectivity index (χ4n) is 4.42. The van der Waals surface area contributed by atoms with Gasteiger partial charge in [0.25, 0.3) is 0 Å². The van der Waals surface area contributed by atoms with Gasteiger partial charge in [0.15, 0.2) is 0 Å². The van der Waals surface area contributed by atoms with Crippen LogP contribution in [0.25, 0.3) is 0 Å². The van der Waals surface area contributed by atoms with Gasteiger partial charge < -0.3 is 29.0 Å².